The van der Waals surface area contributed by atoms with Gasteiger partial charge < -0.3 is 10.0 Å². The summed E-state index contributed by atoms with van der Waals surface area (Å²) in [6, 6.07) is 1.31. The van der Waals surface area contributed by atoms with Crippen LogP contribution in [0.2, 0.25) is 0 Å². The molecule has 2 heterocycles. The first-order valence-corrected chi connectivity index (χ1v) is 6.52. The Hall–Kier alpha value is -1.85. The molecule has 1 aliphatic rings. The van der Waals surface area contributed by atoms with Gasteiger partial charge in [-0.05, 0) is 32.8 Å². The number of rotatable bonds is 4. The van der Waals surface area contributed by atoms with E-state index in [-0.39, 0.29) is 5.91 Å². The lowest BCUT2D eigenvalue weighted by molar-refractivity contribution is -0.148. The Bertz CT molecular complexity index is 495. The zero-order valence-electron chi connectivity index (χ0n) is 11.3. The van der Waals surface area contributed by atoms with Gasteiger partial charge in [-0.1, -0.05) is 0 Å². The molecular formula is C13H19N3O3. The number of hydrogen-bond donors (Lipinski definition) is 1. The van der Waals surface area contributed by atoms with Gasteiger partial charge in [-0.25, -0.2) is 4.79 Å². The largest absolute Gasteiger partial charge is 0.480 e. The van der Waals surface area contributed by atoms with Crippen LogP contribution in [-0.2, 0) is 16.1 Å². The van der Waals surface area contributed by atoms with Gasteiger partial charge in [0.2, 0.25) is 5.91 Å². The van der Waals surface area contributed by atoms with Crippen LogP contribution in [0.1, 0.15) is 30.7 Å². The van der Waals surface area contributed by atoms with Gasteiger partial charge >= 0.3 is 5.97 Å². The Labute approximate surface area is 112 Å². The van der Waals surface area contributed by atoms with Crippen molar-refractivity contribution in [2.24, 2.45) is 0 Å². The summed E-state index contributed by atoms with van der Waals surface area (Å²) in [5.41, 5.74) is 1.94. The summed E-state index contributed by atoms with van der Waals surface area (Å²) in [7, 11) is 0. The molecule has 1 amide bonds. The van der Waals surface area contributed by atoms with E-state index in [1.165, 1.54) is 4.90 Å². The van der Waals surface area contributed by atoms with Crippen LogP contribution in [0.5, 0.6) is 0 Å². The molecule has 1 aliphatic heterocycles. The van der Waals surface area contributed by atoms with Gasteiger partial charge in [-0.15, -0.1) is 0 Å². The monoisotopic (exact) mass is 265 g/mol. The van der Waals surface area contributed by atoms with E-state index in [0.29, 0.717) is 25.9 Å². The molecule has 0 saturated carbocycles. The second kappa shape index (κ2) is 5.42. The van der Waals surface area contributed by atoms with Crippen LogP contribution < -0.4 is 0 Å². The molecule has 0 aromatic carbocycles. The number of carbonyl (C=O) groups excluding carboxylic acids is 1. The minimum Gasteiger partial charge on any atom is -0.480 e. The molecule has 1 atom stereocenters. The average molecular weight is 265 g/mol. The third-order valence-corrected chi connectivity index (χ3v) is 3.50. The summed E-state index contributed by atoms with van der Waals surface area (Å²) in [6.45, 7) is 4.90. The minimum atomic E-state index is -0.906. The van der Waals surface area contributed by atoms with Crippen molar-refractivity contribution in [1.82, 2.24) is 14.7 Å². The summed E-state index contributed by atoms with van der Waals surface area (Å²) < 4.78 is 1.79. The molecule has 19 heavy (non-hydrogen) atoms. The second-order valence-electron chi connectivity index (χ2n) is 4.98. The van der Waals surface area contributed by atoms with E-state index in [1.54, 1.807) is 4.68 Å². The summed E-state index contributed by atoms with van der Waals surface area (Å²) in [6.07, 6.45) is 1.62. The molecule has 0 radical (unpaired) electrons. The Balaban J connectivity index is 1.94. The number of likely N-dealkylation sites (tertiary alicyclic amines) is 1. The maximum Gasteiger partial charge on any atom is 0.326 e. The first kappa shape index (κ1) is 13.6. The van der Waals surface area contributed by atoms with Crippen molar-refractivity contribution in [1.29, 1.82) is 0 Å². The van der Waals surface area contributed by atoms with Gasteiger partial charge in [-0.3, -0.25) is 9.48 Å². The third-order valence-electron chi connectivity index (χ3n) is 3.50. The zero-order chi connectivity index (χ0) is 14.0. The number of aliphatic carboxylic acids is 1. The van der Waals surface area contributed by atoms with Crippen LogP contribution >= 0.6 is 0 Å². The molecule has 0 aliphatic carbocycles. The minimum absolute atomic E-state index is 0.0996. The van der Waals surface area contributed by atoms with E-state index in [1.807, 2.05) is 19.9 Å². The summed E-state index contributed by atoms with van der Waals surface area (Å²) in [4.78, 5) is 24.6. The molecular weight excluding hydrogens is 246 g/mol. The van der Waals surface area contributed by atoms with Crippen molar-refractivity contribution in [3.8, 4) is 0 Å². The topological polar surface area (TPSA) is 75.4 Å². The molecule has 1 aromatic rings. The van der Waals surface area contributed by atoms with Crippen molar-refractivity contribution in [3.63, 3.8) is 0 Å². The molecule has 1 fully saturated rings. The van der Waals surface area contributed by atoms with Gasteiger partial charge in [0.15, 0.2) is 0 Å². The van der Waals surface area contributed by atoms with Crippen LogP contribution in [0.3, 0.4) is 0 Å². The third kappa shape index (κ3) is 2.94. The standard InChI is InChI=1S/C13H19N3O3/c1-9-8-10(2)16(14-9)7-5-12(17)15-6-3-4-11(15)13(18)19/h8,11H,3-7H2,1-2H3,(H,18,19)/t11-/m1/s1. The molecule has 0 bridgehead atoms. The van der Waals surface area contributed by atoms with Crippen molar-refractivity contribution < 1.29 is 14.7 Å². The molecule has 0 unspecified atom stereocenters. The fourth-order valence-corrected chi connectivity index (χ4v) is 2.57. The highest BCUT2D eigenvalue weighted by molar-refractivity contribution is 5.84. The Morgan fingerprint density at radius 1 is 1.47 bits per heavy atom. The maximum absolute atomic E-state index is 12.1. The zero-order valence-corrected chi connectivity index (χ0v) is 11.3. The lowest BCUT2D eigenvalue weighted by Crippen LogP contribution is -2.40. The lowest BCUT2D eigenvalue weighted by Gasteiger charge is -2.21. The highest BCUT2D eigenvalue weighted by Gasteiger charge is 2.33. The number of aromatic nitrogens is 2. The quantitative estimate of drug-likeness (QED) is 0.880. The van der Waals surface area contributed by atoms with Crippen molar-refractivity contribution >= 4 is 11.9 Å². The molecule has 1 N–H and O–H groups in total. The van der Waals surface area contributed by atoms with Gasteiger partial charge in [0.05, 0.1) is 5.69 Å². The van der Waals surface area contributed by atoms with E-state index in [2.05, 4.69) is 5.10 Å². The normalized spacial score (nSPS) is 18.8. The smallest absolute Gasteiger partial charge is 0.326 e. The molecule has 0 spiro atoms. The number of amides is 1. The van der Waals surface area contributed by atoms with Crippen LogP contribution in [0.15, 0.2) is 6.07 Å². The number of hydrogen-bond acceptors (Lipinski definition) is 3. The molecule has 6 nitrogen and oxygen atoms in total. The predicted octanol–water partition coefficient (Wildman–Crippen LogP) is 0.966. The first-order chi connectivity index (χ1) is 8.99. The van der Waals surface area contributed by atoms with Crippen LogP contribution in [0.25, 0.3) is 0 Å². The van der Waals surface area contributed by atoms with E-state index >= 15 is 0 Å². The molecule has 1 saturated heterocycles. The van der Waals surface area contributed by atoms with Crippen molar-refractivity contribution in [2.45, 2.75) is 45.7 Å². The lowest BCUT2D eigenvalue weighted by atomic mass is 10.2. The van der Waals surface area contributed by atoms with Gasteiger partial charge in [0.1, 0.15) is 6.04 Å². The van der Waals surface area contributed by atoms with Gasteiger partial charge in [0, 0.05) is 25.2 Å². The highest BCUT2D eigenvalue weighted by atomic mass is 16.4. The predicted molar refractivity (Wildman–Crippen MR) is 68.7 cm³/mol. The summed E-state index contributed by atoms with van der Waals surface area (Å²) in [5, 5.41) is 13.3. The number of carboxylic acids is 1. The molecule has 1 aromatic heterocycles. The van der Waals surface area contributed by atoms with Crippen LogP contribution in [0, 0.1) is 13.8 Å². The fourth-order valence-electron chi connectivity index (χ4n) is 2.57. The Morgan fingerprint density at radius 2 is 2.21 bits per heavy atom. The van der Waals surface area contributed by atoms with Crippen LogP contribution in [-0.4, -0.2) is 44.3 Å². The molecule has 104 valence electrons. The van der Waals surface area contributed by atoms with Crippen molar-refractivity contribution in [3.05, 3.63) is 17.5 Å². The SMILES string of the molecule is Cc1cc(C)n(CCC(=O)N2CCC[C@@H]2C(=O)O)n1. The fraction of sp³-hybridized carbons (Fsp3) is 0.615. The Morgan fingerprint density at radius 3 is 2.79 bits per heavy atom. The van der Waals surface area contributed by atoms with Gasteiger partial charge in [0.25, 0.3) is 0 Å². The number of carbonyl (C=O) groups is 2. The van der Waals surface area contributed by atoms with E-state index in [4.69, 9.17) is 5.11 Å². The van der Waals surface area contributed by atoms with E-state index < -0.39 is 12.0 Å². The Kier molecular flexibility index (Phi) is 3.87. The average Bonchev–Trinajstić information content (AvgIpc) is 2.93. The molecule has 2 rings (SSSR count). The summed E-state index contributed by atoms with van der Waals surface area (Å²) in [5.74, 6) is -1.01. The number of carboxylic acid groups (broad SMARTS) is 1. The molecule has 6 heteroatoms. The second-order valence-corrected chi connectivity index (χ2v) is 4.98. The maximum atomic E-state index is 12.1. The van der Waals surface area contributed by atoms with E-state index in [0.717, 1.165) is 17.8 Å². The summed E-state index contributed by atoms with van der Waals surface area (Å²) >= 11 is 0. The van der Waals surface area contributed by atoms with E-state index in [9.17, 15) is 9.59 Å². The number of nitrogens with zero attached hydrogens (tertiary/aromatic N) is 3. The van der Waals surface area contributed by atoms with Crippen LogP contribution in [0.4, 0.5) is 0 Å². The highest BCUT2D eigenvalue weighted by Crippen LogP contribution is 2.18. The van der Waals surface area contributed by atoms with Gasteiger partial charge in [-0.2, -0.15) is 5.10 Å². The number of aryl methyl sites for hydroxylation is 3. The van der Waals surface area contributed by atoms with Crippen molar-refractivity contribution in [2.75, 3.05) is 6.54 Å². The first-order valence-electron chi connectivity index (χ1n) is 6.52.